The molecular formula is C21H23NO6. The van der Waals surface area contributed by atoms with Crippen molar-refractivity contribution in [3.63, 3.8) is 0 Å². The van der Waals surface area contributed by atoms with Crippen molar-refractivity contribution in [2.75, 3.05) is 34.6 Å². The van der Waals surface area contributed by atoms with Gasteiger partial charge in [0.05, 0.1) is 12.7 Å². The van der Waals surface area contributed by atoms with Crippen LogP contribution in [-0.2, 0) is 28.9 Å². The van der Waals surface area contributed by atoms with Gasteiger partial charge in [-0.3, -0.25) is 4.90 Å². The van der Waals surface area contributed by atoms with Gasteiger partial charge >= 0.3 is 0 Å². The number of ether oxygens (including phenoxy) is 4. The SMILES string of the molecule is COc1cc2c(cc1O)[C@]1(OC)Cc3ccc4c(c3[C@]1(O)N(C)CC2)OCO4. The summed E-state index contributed by atoms with van der Waals surface area (Å²) < 4.78 is 22.7. The molecule has 2 N–H and O–H groups in total. The molecule has 2 atom stereocenters. The largest absolute Gasteiger partial charge is 0.504 e. The number of rotatable bonds is 2. The zero-order valence-corrected chi connectivity index (χ0v) is 16.1. The molecule has 0 saturated heterocycles. The smallest absolute Gasteiger partial charge is 0.231 e. The Morgan fingerprint density at radius 1 is 1.14 bits per heavy atom. The number of methoxy groups -OCH3 is 2. The molecular weight excluding hydrogens is 362 g/mol. The quantitative estimate of drug-likeness (QED) is 0.817. The lowest BCUT2D eigenvalue weighted by Gasteiger charge is -2.46. The van der Waals surface area contributed by atoms with E-state index in [-0.39, 0.29) is 12.5 Å². The van der Waals surface area contributed by atoms with Gasteiger partial charge in [0.2, 0.25) is 6.79 Å². The van der Waals surface area contributed by atoms with Crippen molar-refractivity contribution >= 4 is 0 Å². The zero-order valence-electron chi connectivity index (χ0n) is 16.1. The van der Waals surface area contributed by atoms with Gasteiger partial charge in [-0.05, 0) is 48.4 Å². The first-order valence-electron chi connectivity index (χ1n) is 9.27. The molecule has 1 aliphatic carbocycles. The second-order valence-electron chi connectivity index (χ2n) is 7.57. The fourth-order valence-corrected chi connectivity index (χ4v) is 5.05. The van der Waals surface area contributed by atoms with E-state index in [2.05, 4.69) is 0 Å². The first kappa shape index (κ1) is 17.6. The van der Waals surface area contributed by atoms with E-state index in [0.29, 0.717) is 42.2 Å². The van der Waals surface area contributed by atoms with Crippen LogP contribution in [-0.4, -0.2) is 49.7 Å². The maximum Gasteiger partial charge on any atom is 0.231 e. The van der Waals surface area contributed by atoms with Crippen LogP contribution in [0, 0.1) is 0 Å². The first-order valence-corrected chi connectivity index (χ1v) is 9.27. The fourth-order valence-electron chi connectivity index (χ4n) is 5.05. The van der Waals surface area contributed by atoms with Gasteiger partial charge in [0, 0.05) is 20.1 Å². The molecule has 0 unspecified atom stereocenters. The summed E-state index contributed by atoms with van der Waals surface area (Å²) in [5.41, 5.74) is 0.742. The lowest BCUT2D eigenvalue weighted by molar-refractivity contribution is -0.241. The molecule has 148 valence electrons. The predicted molar refractivity (Wildman–Crippen MR) is 99.8 cm³/mol. The van der Waals surface area contributed by atoms with Crippen LogP contribution in [0.2, 0.25) is 0 Å². The van der Waals surface area contributed by atoms with Crippen LogP contribution >= 0.6 is 0 Å². The Morgan fingerprint density at radius 3 is 2.71 bits per heavy atom. The molecule has 0 saturated carbocycles. The fraction of sp³-hybridized carbons (Fsp3) is 0.429. The van der Waals surface area contributed by atoms with E-state index in [4.69, 9.17) is 18.9 Å². The lowest BCUT2D eigenvalue weighted by atomic mass is 9.80. The van der Waals surface area contributed by atoms with E-state index in [0.717, 1.165) is 16.7 Å². The average Bonchev–Trinajstić information content (AvgIpc) is 3.25. The van der Waals surface area contributed by atoms with Crippen molar-refractivity contribution in [2.24, 2.45) is 0 Å². The van der Waals surface area contributed by atoms with Crippen LogP contribution in [0.5, 0.6) is 23.0 Å². The standard InChI is InChI=1S/C21H23NO6/c1-22-7-6-12-8-17(25-2)15(23)9-14(12)20(26-3)10-13-4-5-16-19(28-11-27-16)18(13)21(20,22)24/h4-5,8-9,23-24H,6-7,10-11H2,1-3H3/t20-,21-/m1/s1. The number of fused-ring (bicyclic) bond motifs is 7. The second kappa shape index (κ2) is 5.76. The highest BCUT2D eigenvalue weighted by Crippen LogP contribution is 2.60. The molecule has 7 heteroatoms. The topological polar surface area (TPSA) is 80.6 Å². The highest BCUT2D eigenvalue weighted by atomic mass is 16.7. The van der Waals surface area contributed by atoms with Gasteiger partial charge in [0.25, 0.3) is 0 Å². The minimum absolute atomic E-state index is 0.0188. The van der Waals surface area contributed by atoms with Gasteiger partial charge in [0.1, 0.15) is 5.60 Å². The molecule has 2 heterocycles. The number of nitrogens with zero attached hydrogens (tertiary/aromatic N) is 1. The number of hydrogen-bond acceptors (Lipinski definition) is 7. The third-order valence-corrected chi connectivity index (χ3v) is 6.43. The molecule has 0 amide bonds. The highest BCUT2D eigenvalue weighted by Gasteiger charge is 2.64. The van der Waals surface area contributed by atoms with Crippen LogP contribution in [0.4, 0.5) is 0 Å². The van der Waals surface area contributed by atoms with Crippen molar-refractivity contribution in [3.05, 3.63) is 46.5 Å². The van der Waals surface area contributed by atoms with Crippen LogP contribution in [0.25, 0.3) is 0 Å². The van der Waals surface area contributed by atoms with E-state index in [1.54, 1.807) is 13.2 Å². The van der Waals surface area contributed by atoms with Crippen molar-refractivity contribution in [1.29, 1.82) is 0 Å². The number of benzene rings is 2. The number of aromatic hydroxyl groups is 1. The maximum atomic E-state index is 12.2. The van der Waals surface area contributed by atoms with E-state index in [1.165, 1.54) is 7.11 Å². The summed E-state index contributed by atoms with van der Waals surface area (Å²) in [5, 5.41) is 22.7. The van der Waals surface area contributed by atoms with E-state index in [1.807, 2.05) is 30.1 Å². The Labute approximate surface area is 163 Å². The molecule has 0 bridgehead atoms. The Bertz CT molecular complexity index is 976. The normalized spacial score (nSPS) is 27.7. The summed E-state index contributed by atoms with van der Waals surface area (Å²) in [7, 11) is 5.00. The summed E-state index contributed by atoms with van der Waals surface area (Å²) in [6, 6.07) is 7.31. The Balaban J connectivity index is 1.82. The van der Waals surface area contributed by atoms with Crippen LogP contribution in [0.3, 0.4) is 0 Å². The van der Waals surface area contributed by atoms with Gasteiger partial charge in [-0.2, -0.15) is 0 Å². The third kappa shape index (κ3) is 1.93. The molecule has 5 rings (SSSR count). The highest BCUT2D eigenvalue weighted by molar-refractivity contribution is 5.62. The summed E-state index contributed by atoms with van der Waals surface area (Å²) in [6.07, 6.45) is 1.12. The van der Waals surface area contributed by atoms with Gasteiger partial charge in [-0.1, -0.05) is 6.07 Å². The summed E-state index contributed by atoms with van der Waals surface area (Å²) >= 11 is 0. The molecule has 0 radical (unpaired) electrons. The summed E-state index contributed by atoms with van der Waals surface area (Å²) in [4.78, 5) is 1.90. The molecule has 0 spiro atoms. The molecule has 0 fully saturated rings. The van der Waals surface area contributed by atoms with E-state index >= 15 is 0 Å². The summed E-state index contributed by atoms with van der Waals surface area (Å²) in [5.74, 6) is 1.61. The summed E-state index contributed by atoms with van der Waals surface area (Å²) in [6.45, 7) is 0.715. The molecule has 2 aliphatic heterocycles. The maximum absolute atomic E-state index is 12.2. The predicted octanol–water partition coefficient (Wildman–Crippen LogP) is 1.86. The average molecular weight is 385 g/mol. The molecule has 3 aliphatic rings. The Kier molecular flexibility index (Phi) is 3.62. The molecule has 7 nitrogen and oxygen atoms in total. The molecule has 2 aromatic carbocycles. The zero-order chi connectivity index (χ0) is 19.7. The number of aliphatic hydroxyl groups is 1. The van der Waals surface area contributed by atoms with Crippen LogP contribution < -0.4 is 14.2 Å². The minimum atomic E-state index is -1.48. The number of likely N-dealkylation sites (N-methyl/N-ethyl adjacent to an activating group) is 1. The van der Waals surface area contributed by atoms with E-state index in [9.17, 15) is 10.2 Å². The van der Waals surface area contributed by atoms with Crippen molar-refractivity contribution in [2.45, 2.75) is 24.2 Å². The van der Waals surface area contributed by atoms with Crippen molar-refractivity contribution in [1.82, 2.24) is 4.90 Å². The van der Waals surface area contributed by atoms with Gasteiger partial charge in [-0.25, -0.2) is 0 Å². The Morgan fingerprint density at radius 2 is 1.96 bits per heavy atom. The lowest BCUT2D eigenvalue weighted by Crippen LogP contribution is -2.57. The van der Waals surface area contributed by atoms with Gasteiger partial charge in [-0.15, -0.1) is 0 Å². The number of hydrogen-bond donors (Lipinski definition) is 2. The minimum Gasteiger partial charge on any atom is -0.504 e. The first-order chi connectivity index (χ1) is 13.5. The third-order valence-electron chi connectivity index (χ3n) is 6.43. The van der Waals surface area contributed by atoms with Crippen molar-refractivity contribution < 1.29 is 29.2 Å². The van der Waals surface area contributed by atoms with Gasteiger partial charge < -0.3 is 29.2 Å². The van der Waals surface area contributed by atoms with Crippen LogP contribution in [0.15, 0.2) is 24.3 Å². The van der Waals surface area contributed by atoms with Crippen LogP contribution in [0.1, 0.15) is 22.3 Å². The molecule has 28 heavy (non-hydrogen) atoms. The van der Waals surface area contributed by atoms with Gasteiger partial charge in [0.15, 0.2) is 28.7 Å². The number of phenols is 1. The number of phenolic OH excluding ortho intramolecular Hbond substituents is 1. The van der Waals surface area contributed by atoms with Crippen molar-refractivity contribution in [3.8, 4) is 23.0 Å². The second-order valence-corrected chi connectivity index (χ2v) is 7.57. The van der Waals surface area contributed by atoms with E-state index < -0.39 is 11.3 Å². The monoisotopic (exact) mass is 385 g/mol. The molecule has 2 aromatic rings. The Hall–Kier alpha value is -2.48. The molecule has 0 aromatic heterocycles.